The molecule has 0 radical (unpaired) electrons. The molecule has 9 heteroatoms. The molecule has 1 aromatic carbocycles. The van der Waals surface area contributed by atoms with Crippen LogP contribution >= 0.6 is 23.6 Å². The second-order valence-electron chi connectivity index (χ2n) is 3.93. The van der Waals surface area contributed by atoms with Gasteiger partial charge in [0.15, 0.2) is 3.95 Å². The topological polar surface area (TPSA) is 105 Å². The van der Waals surface area contributed by atoms with Gasteiger partial charge in [0.1, 0.15) is 5.69 Å². The Kier molecular flexibility index (Phi) is 4.33. The predicted molar refractivity (Wildman–Crippen MR) is 78.5 cm³/mol. The minimum absolute atomic E-state index is 0.0366. The lowest BCUT2D eigenvalue weighted by Gasteiger charge is -2.04. The smallest absolute Gasteiger partial charge is 0.268 e. The van der Waals surface area contributed by atoms with Crippen LogP contribution in [0.4, 0.5) is 0 Å². The third-order valence-electron chi connectivity index (χ3n) is 2.47. The molecule has 0 bridgehead atoms. The molecule has 0 saturated heterocycles. The average molecular weight is 329 g/mol. The molecular weight excluding hydrogens is 318 g/mol. The number of primary sulfonamides is 1. The van der Waals surface area contributed by atoms with Gasteiger partial charge in [-0.3, -0.25) is 4.79 Å². The second-order valence-corrected chi connectivity index (χ2v) is 7.04. The lowest BCUT2D eigenvalue weighted by Crippen LogP contribution is -2.23. The molecule has 1 aromatic heterocycles. The van der Waals surface area contributed by atoms with Crippen molar-refractivity contribution in [3.63, 3.8) is 0 Å². The van der Waals surface area contributed by atoms with Crippen LogP contribution in [0.25, 0.3) is 0 Å². The Bertz CT molecular complexity index is 775. The Morgan fingerprint density at radius 2 is 2.00 bits per heavy atom. The summed E-state index contributed by atoms with van der Waals surface area (Å²) >= 11 is 6.17. The molecule has 4 N–H and O–H groups in total. The van der Waals surface area contributed by atoms with Gasteiger partial charge in [-0.25, -0.2) is 13.6 Å². The summed E-state index contributed by atoms with van der Waals surface area (Å²) in [5, 5.41) is 9.33. The average Bonchev–Trinajstić information content (AvgIpc) is 2.82. The minimum Gasteiger partial charge on any atom is -0.347 e. The minimum atomic E-state index is -3.69. The lowest BCUT2D eigenvalue weighted by atomic mass is 10.2. The van der Waals surface area contributed by atoms with E-state index in [-0.39, 0.29) is 17.3 Å². The van der Waals surface area contributed by atoms with Crippen molar-refractivity contribution in [1.29, 1.82) is 0 Å². The fourth-order valence-electron chi connectivity index (χ4n) is 1.47. The van der Waals surface area contributed by atoms with Crippen molar-refractivity contribution in [1.82, 2.24) is 10.3 Å². The van der Waals surface area contributed by atoms with E-state index in [1.165, 1.54) is 23.5 Å². The van der Waals surface area contributed by atoms with Crippen LogP contribution in [-0.4, -0.2) is 19.3 Å². The highest BCUT2D eigenvalue weighted by Crippen LogP contribution is 2.09. The first-order chi connectivity index (χ1) is 9.36. The number of sulfonamides is 1. The number of rotatable bonds is 4. The lowest BCUT2D eigenvalue weighted by molar-refractivity contribution is 0.0946. The summed E-state index contributed by atoms with van der Waals surface area (Å²) in [6, 6.07) is 5.98. The van der Waals surface area contributed by atoms with Crippen molar-refractivity contribution in [3.05, 3.63) is 44.9 Å². The number of hydrogen-bond acceptors (Lipinski definition) is 5. The Morgan fingerprint density at radius 1 is 1.35 bits per heavy atom. The molecule has 2 aromatic rings. The number of aromatic amines is 1. The molecular formula is C11H11N3O3S3. The molecule has 1 amide bonds. The number of nitrogens with one attached hydrogen (secondary N) is 2. The van der Waals surface area contributed by atoms with Gasteiger partial charge >= 0.3 is 0 Å². The van der Waals surface area contributed by atoms with E-state index in [4.69, 9.17) is 17.4 Å². The first-order valence-corrected chi connectivity index (χ1v) is 8.27. The third kappa shape index (κ3) is 3.73. The van der Waals surface area contributed by atoms with Crippen LogP contribution in [0.3, 0.4) is 0 Å². The maximum Gasteiger partial charge on any atom is 0.268 e. The van der Waals surface area contributed by atoms with E-state index in [1.54, 1.807) is 17.5 Å². The second kappa shape index (κ2) is 5.83. The number of benzene rings is 1. The number of H-pyrrole nitrogens is 1. The fraction of sp³-hybridized carbons (Fsp3) is 0.0909. The molecule has 6 nitrogen and oxygen atoms in total. The van der Waals surface area contributed by atoms with Crippen LogP contribution in [-0.2, 0) is 16.6 Å². The quantitative estimate of drug-likeness (QED) is 0.737. The van der Waals surface area contributed by atoms with Crippen LogP contribution in [0.15, 0.2) is 34.5 Å². The van der Waals surface area contributed by atoms with Gasteiger partial charge in [0.05, 0.1) is 4.90 Å². The Labute approximate surface area is 124 Å². The molecule has 0 unspecified atom stereocenters. The zero-order chi connectivity index (χ0) is 14.8. The third-order valence-corrected chi connectivity index (χ3v) is 4.46. The van der Waals surface area contributed by atoms with Gasteiger partial charge in [0, 0.05) is 11.9 Å². The van der Waals surface area contributed by atoms with E-state index in [0.29, 0.717) is 9.65 Å². The zero-order valence-corrected chi connectivity index (χ0v) is 12.6. The highest BCUT2D eigenvalue weighted by Gasteiger charge is 2.09. The molecule has 0 atom stereocenters. The normalized spacial score (nSPS) is 11.2. The van der Waals surface area contributed by atoms with E-state index in [2.05, 4.69) is 10.3 Å². The molecule has 0 spiro atoms. The molecule has 0 saturated carbocycles. The molecule has 0 fully saturated rings. The van der Waals surface area contributed by atoms with Crippen LogP contribution in [0.2, 0.25) is 0 Å². The molecule has 0 aliphatic rings. The standard InChI is InChI=1S/C11H11N3O3S3/c12-20(16,17)8-3-1-7(2-4-8)5-13-10(15)9-6-19-11(18)14-9/h1-4,6H,5H2,(H,13,15)(H,14,18)(H2,12,16,17). The Hall–Kier alpha value is -1.55. The Balaban J connectivity index is 2.01. The van der Waals surface area contributed by atoms with Crippen molar-refractivity contribution in [2.24, 2.45) is 5.14 Å². The van der Waals surface area contributed by atoms with Crippen LogP contribution in [0.1, 0.15) is 16.1 Å². The van der Waals surface area contributed by atoms with Gasteiger partial charge in [0.25, 0.3) is 5.91 Å². The van der Waals surface area contributed by atoms with Crippen molar-refractivity contribution in [3.8, 4) is 0 Å². The van der Waals surface area contributed by atoms with Gasteiger partial charge in [-0.2, -0.15) is 0 Å². The van der Waals surface area contributed by atoms with Crippen molar-refractivity contribution in [2.45, 2.75) is 11.4 Å². The summed E-state index contributed by atoms with van der Waals surface area (Å²) < 4.78 is 22.7. The van der Waals surface area contributed by atoms with Gasteiger partial charge < -0.3 is 10.3 Å². The summed E-state index contributed by atoms with van der Waals surface area (Å²) in [6.07, 6.45) is 0. The van der Waals surface area contributed by atoms with Crippen molar-refractivity contribution < 1.29 is 13.2 Å². The summed E-state index contributed by atoms with van der Waals surface area (Å²) in [4.78, 5) is 14.6. The molecule has 2 rings (SSSR count). The fourth-order valence-corrected chi connectivity index (χ4v) is 2.80. The monoisotopic (exact) mass is 329 g/mol. The number of thiazole rings is 1. The first kappa shape index (κ1) is 14.9. The molecule has 20 heavy (non-hydrogen) atoms. The molecule has 106 valence electrons. The summed E-state index contributed by atoms with van der Waals surface area (Å²) in [5.74, 6) is -0.270. The van der Waals surface area contributed by atoms with Crippen molar-refractivity contribution in [2.75, 3.05) is 0 Å². The number of nitrogens with two attached hydrogens (primary N) is 1. The number of carbonyl (C=O) groups is 1. The summed E-state index contributed by atoms with van der Waals surface area (Å²) in [6.45, 7) is 0.278. The maximum absolute atomic E-state index is 11.8. The summed E-state index contributed by atoms with van der Waals surface area (Å²) in [7, 11) is -3.69. The maximum atomic E-state index is 11.8. The first-order valence-electron chi connectivity index (χ1n) is 5.44. The molecule has 1 heterocycles. The number of carbonyl (C=O) groups excluding carboxylic acids is 1. The van der Waals surface area contributed by atoms with Gasteiger partial charge in [-0.15, -0.1) is 11.3 Å². The highest BCUT2D eigenvalue weighted by atomic mass is 32.2. The molecule has 0 aliphatic heterocycles. The Morgan fingerprint density at radius 3 is 2.50 bits per heavy atom. The van der Waals surface area contributed by atoms with Gasteiger partial charge in [0.2, 0.25) is 10.0 Å². The SMILES string of the molecule is NS(=O)(=O)c1ccc(CNC(=O)c2csc(=S)[nH]2)cc1. The number of hydrogen-bond donors (Lipinski definition) is 3. The predicted octanol–water partition coefficient (Wildman–Crippen LogP) is 1.38. The van der Waals surface area contributed by atoms with Gasteiger partial charge in [-0.1, -0.05) is 12.1 Å². The summed E-state index contributed by atoms with van der Waals surface area (Å²) in [5.41, 5.74) is 1.17. The number of amides is 1. The van der Waals surface area contributed by atoms with E-state index in [9.17, 15) is 13.2 Å². The van der Waals surface area contributed by atoms with Crippen LogP contribution in [0.5, 0.6) is 0 Å². The highest BCUT2D eigenvalue weighted by molar-refractivity contribution is 7.89. The van der Waals surface area contributed by atoms with E-state index >= 15 is 0 Å². The number of aromatic nitrogens is 1. The largest absolute Gasteiger partial charge is 0.347 e. The van der Waals surface area contributed by atoms with E-state index in [0.717, 1.165) is 5.56 Å². The van der Waals surface area contributed by atoms with Gasteiger partial charge in [-0.05, 0) is 29.9 Å². The van der Waals surface area contributed by atoms with Crippen LogP contribution < -0.4 is 10.5 Å². The van der Waals surface area contributed by atoms with Crippen LogP contribution in [0, 0.1) is 3.95 Å². The molecule has 0 aliphatic carbocycles. The van der Waals surface area contributed by atoms with E-state index < -0.39 is 10.0 Å². The van der Waals surface area contributed by atoms with Crippen molar-refractivity contribution >= 4 is 39.5 Å². The zero-order valence-electron chi connectivity index (χ0n) is 10.1. The van der Waals surface area contributed by atoms with E-state index in [1.807, 2.05) is 0 Å².